The molecule has 7 heteroatoms. The molecule has 0 aliphatic carbocycles. The summed E-state index contributed by atoms with van der Waals surface area (Å²) < 4.78 is 0. The molecule has 2 aromatic rings. The Balaban J connectivity index is 2.26. The van der Waals surface area contributed by atoms with Crippen LogP contribution in [0.25, 0.3) is 6.08 Å². The number of rotatable bonds is 6. The van der Waals surface area contributed by atoms with E-state index in [1.54, 1.807) is 0 Å². The molecule has 0 fully saturated rings. The van der Waals surface area contributed by atoms with Crippen molar-refractivity contribution in [1.29, 1.82) is 0 Å². The number of amides is 1. The van der Waals surface area contributed by atoms with Gasteiger partial charge in [-0.1, -0.05) is 12.1 Å². The first kappa shape index (κ1) is 16.9. The highest BCUT2D eigenvalue weighted by Crippen LogP contribution is 2.27. The minimum atomic E-state index is -0.445. The number of nitrogens with one attached hydrogen (secondary N) is 1. The standard InChI is InChI=1S/C17H15NO6/c19-9-18-12(5-10-1-3-13(20)16(23)7-10)15(22)6-11-2-4-14(21)17(24)8-11/h1-5,7-9,20-21,23-24H,6H2,(H,18,19). The van der Waals surface area contributed by atoms with Crippen molar-refractivity contribution in [2.24, 2.45) is 0 Å². The molecule has 0 atom stereocenters. The van der Waals surface area contributed by atoms with Crippen LogP contribution in [0.4, 0.5) is 0 Å². The molecule has 24 heavy (non-hydrogen) atoms. The molecule has 0 saturated heterocycles. The Morgan fingerprint density at radius 1 is 0.917 bits per heavy atom. The van der Waals surface area contributed by atoms with Crippen molar-refractivity contribution in [1.82, 2.24) is 5.32 Å². The maximum atomic E-state index is 12.3. The van der Waals surface area contributed by atoms with Gasteiger partial charge in [-0.3, -0.25) is 9.59 Å². The fourth-order valence-corrected chi connectivity index (χ4v) is 2.02. The molecule has 0 radical (unpaired) electrons. The number of hydrogen-bond acceptors (Lipinski definition) is 6. The topological polar surface area (TPSA) is 127 Å². The smallest absolute Gasteiger partial charge is 0.211 e. The molecule has 2 rings (SSSR count). The van der Waals surface area contributed by atoms with Gasteiger partial charge in [0.25, 0.3) is 0 Å². The van der Waals surface area contributed by atoms with Crippen LogP contribution >= 0.6 is 0 Å². The monoisotopic (exact) mass is 329 g/mol. The SMILES string of the molecule is O=CNC(=Cc1ccc(O)c(O)c1)C(=O)Cc1ccc(O)c(O)c1. The summed E-state index contributed by atoms with van der Waals surface area (Å²) in [6, 6.07) is 7.92. The maximum Gasteiger partial charge on any atom is 0.211 e. The van der Waals surface area contributed by atoms with E-state index in [4.69, 9.17) is 0 Å². The van der Waals surface area contributed by atoms with Gasteiger partial charge in [-0.05, 0) is 41.5 Å². The zero-order valence-electron chi connectivity index (χ0n) is 12.4. The molecule has 0 unspecified atom stereocenters. The van der Waals surface area contributed by atoms with E-state index in [0.717, 1.165) is 0 Å². The van der Waals surface area contributed by atoms with Crippen LogP contribution in [0.2, 0.25) is 0 Å². The van der Waals surface area contributed by atoms with Gasteiger partial charge in [-0.25, -0.2) is 0 Å². The Morgan fingerprint density at radius 2 is 1.54 bits per heavy atom. The van der Waals surface area contributed by atoms with Gasteiger partial charge < -0.3 is 25.7 Å². The third-order valence-electron chi connectivity index (χ3n) is 3.23. The van der Waals surface area contributed by atoms with Crippen molar-refractivity contribution in [3.8, 4) is 23.0 Å². The van der Waals surface area contributed by atoms with E-state index >= 15 is 0 Å². The lowest BCUT2D eigenvalue weighted by molar-refractivity contribution is -0.117. The van der Waals surface area contributed by atoms with Gasteiger partial charge in [-0.2, -0.15) is 0 Å². The van der Waals surface area contributed by atoms with E-state index in [0.29, 0.717) is 17.5 Å². The van der Waals surface area contributed by atoms with Gasteiger partial charge in [0, 0.05) is 6.42 Å². The van der Waals surface area contributed by atoms with Crippen molar-refractivity contribution in [3.63, 3.8) is 0 Å². The highest BCUT2D eigenvalue weighted by molar-refractivity contribution is 6.01. The summed E-state index contributed by atoms with van der Waals surface area (Å²) in [5.41, 5.74) is 0.821. The first-order chi connectivity index (χ1) is 11.4. The van der Waals surface area contributed by atoms with E-state index in [-0.39, 0.29) is 35.1 Å². The zero-order valence-corrected chi connectivity index (χ0v) is 12.4. The van der Waals surface area contributed by atoms with Crippen molar-refractivity contribution in [3.05, 3.63) is 53.2 Å². The van der Waals surface area contributed by atoms with Crippen LogP contribution in [0.3, 0.4) is 0 Å². The third kappa shape index (κ3) is 4.04. The van der Waals surface area contributed by atoms with Gasteiger partial charge >= 0.3 is 0 Å². The summed E-state index contributed by atoms with van der Waals surface area (Å²) in [7, 11) is 0. The number of phenols is 4. The Morgan fingerprint density at radius 3 is 2.12 bits per heavy atom. The summed E-state index contributed by atoms with van der Waals surface area (Å²) in [6.07, 6.45) is 1.57. The van der Waals surface area contributed by atoms with Crippen LogP contribution in [0, 0.1) is 0 Å². The first-order valence-electron chi connectivity index (χ1n) is 6.88. The molecule has 0 spiro atoms. The molecular formula is C17H15NO6. The van der Waals surface area contributed by atoms with Crippen LogP contribution in [0.1, 0.15) is 11.1 Å². The highest BCUT2D eigenvalue weighted by Gasteiger charge is 2.12. The molecule has 0 bridgehead atoms. The number of allylic oxidation sites excluding steroid dienone is 1. The Labute approximate surface area is 137 Å². The lowest BCUT2D eigenvalue weighted by Gasteiger charge is -2.07. The molecule has 2 aromatic carbocycles. The second-order valence-electron chi connectivity index (χ2n) is 4.99. The summed E-state index contributed by atoms with van der Waals surface area (Å²) in [5, 5.41) is 39.7. The second kappa shape index (κ2) is 7.19. The van der Waals surface area contributed by atoms with E-state index in [2.05, 4.69) is 5.32 Å². The molecule has 0 aliphatic heterocycles. The van der Waals surface area contributed by atoms with Crippen LogP contribution in [-0.4, -0.2) is 32.6 Å². The van der Waals surface area contributed by atoms with E-state index in [9.17, 15) is 30.0 Å². The molecule has 0 heterocycles. The highest BCUT2D eigenvalue weighted by atomic mass is 16.3. The van der Waals surface area contributed by atoms with Gasteiger partial charge in [-0.15, -0.1) is 0 Å². The largest absolute Gasteiger partial charge is 0.504 e. The number of hydrogen-bond donors (Lipinski definition) is 5. The van der Waals surface area contributed by atoms with Crippen LogP contribution in [-0.2, 0) is 16.0 Å². The minimum absolute atomic E-state index is 0.0253. The first-order valence-corrected chi connectivity index (χ1v) is 6.88. The number of Topliss-reactive ketones (excluding diaryl/α,β-unsaturated/α-hetero) is 1. The Bertz CT molecular complexity index is 813. The molecule has 0 aromatic heterocycles. The Kier molecular flexibility index (Phi) is 5.06. The number of benzene rings is 2. The number of carbonyl (C=O) groups is 2. The van der Waals surface area contributed by atoms with Crippen LogP contribution in [0.5, 0.6) is 23.0 Å². The minimum Gasteiger partial charge on any atom is -0.504 e. The maximum absolute atomic E-state index is 12.3. The van der Waals surface area contributed by atoms with Crippen molar-refractivity contribution in [2.45, 2.75) is 6.42 Å². The normalized spacial score (nSPS) is 11.1. The lowest BCUT2D eigenvalue weighted by atomic mass is 10.0. The average molecular weight is 329 g/mol. The summed E-state index contributed by atoms with van der Waals surface area (Å²) in [4.78, 5) is 23.0. The van der Waals surface area contributed by atoms with E-state index < -0.39 is 5.78 Å². The fourth-order valence-electron chi connectivity index (χ4n) is 2.02. The summed E-state index contributed by atoms with van der Waals surface area (Å²) in [5.74, 6) is -1.75. The predicted octanol–water partition coefficient (Wildman–Crippen LogP) is 1.41. The molecule has 124 valence electrons. The van der Waals surface area contributed by atoms with E-state index in [1.165, 1.54) is 42.5 Å². The number of carbonyl (C=O) groups excluding carboxylic acids is 2. The van der Waals surface area contributed by atoms with Crippen LogP contribution < -0.4 is 5.32 Å². The van der Waals surface area contributed by atoms with E-state index in [1.807, 2.05) is 0 Å². The van der Waals surface area contributed by atoms with Gasteiger partial charge in [0.2, 0.25) is 6.41 Å². The fraction of sp³-hybridized carbons (Fsp3) is 0.0588. The number of aromatic hydroxyl groups is 4. The zero-order chi connectivity index (χ0) is 17.7. The second-order valence-corrected chi connectivity index (χ2v) is 4.99. The number of ketones is 1. The summed E-state index contributed by atoms with van der Waals surface area (Å²) >= 11 is 0. The van der Waals surface area contributed by atoms with Gasteiger partial charge in [0.15, 0.2) is 28.8 Å². The van der Waals surface area contributed by atoms with Gasteiger partial charge in [0.1, 0.15) is 0 Å². The third-order valence-corrected chi connectivity index (χ3v) is 3.23. The molecular weight excluding hydrogens is 314 g/mol. The van der Waals surface area contributed by atoms with Crippen LogP contribution in [0.15, 0.2) is 42.1 Å². The molecule has 0 saturated carbocycles. The van der Waals surface area contributed by atoms with Crippen molar-refractivity contribution in [2.75, 3.05) is 0 Å². The van der Waals surface area contributed by atoms with Crippen molar-refractivity contribution >= 4 is 18.3 Å². The molecule has 7 nitrogen and oxygen atoms in total. The van der Waals surface area contributed by atoms with Crippen molar-refractivity contribution < 1.29 is 30.0 Å². The predicted molar refractivity (Wildman–Crippen MR) is 85.4 cm³/mol. The average Bonchev–Trinajstić information content (AvgIpc) is 2.54. The van der Waals surface area contributed by atoms with Gasteiger partial charge in [0.05, 0.1) is 5.70 Å². The Hall–Kier alpha value is -3.48. The number of phenolic OH excluding ortho intramolecular Hbond substituents is 4. The molecule has 5 N–H and O–H groups in total. The molecule has 0 aliphatic rings. The molecule has 1 amide bonds. The quantitative estimate of drug-likeness (QED) is 0.310. The lowest BCUT2D eigenvalue weighted by Crippen LogP contribution is -2.20. The summed E-state index contributed by atoms with van der Waals surface area (Å²) in [6.45, 7) is 0.